The van der Waals surface area contributed by atoms with E-state index in [9.17, 15) is 9.59 Å². The molecule has 1 unspecified atom stereocenters. The second-order valence-electron chi connectivity index (χ2n) is 6.03. The molecule has 0 aliphatic carbocycles. The summed E-state index contributed by atoms with van der Waals surface area (Å²) in [5.41, 5.74) is 14.2. The number of hydrogen-bond acceptors (Lipinski definition) is 4. The van der Waals surface area contributed by atoms with Gasteiger partial charge in [0.05, 0.1) is 6.54 Å². The lowest BCUT2D eigenvalue weighted by molar-refractivity contribution is -0.138. The van der Waals surface area contributed by atoms with Crippen LogP contribution in [0.5, 0.6) is 0 Å². The highest BCUT2D eigenvalue weighted by molar-refractivity contribution is 6.31. The maximum atomic E-state index is 12.2. The number of nitrogens with one attached hydrogen (secondary N) is 1. The number of guanidine groups is 1. The van der Waals surface area contributed by atoms with E-state index >= 15 is 0 Å². The van der Waals surface area contributed by atoms with Crippen molar-refractivity contribution >= 4 is 29.4 Å². The molecule has 0 aromatic heterocycles. The summed E-state index contributed by atoms with van der Waals surface area (Å²) in [6, 6.07) is 11.0. The van der Waals surface area contributed by atoms with Crippen molar-refractivity contribution in [1.29, 1.82) is 0 Å². The number of aliphatic carboxylic acids is 1. The molecule has 0 saturated carbocycles. The van der Waals surface area contributed by atoms with Gasteiger partial charge in [-0.25, -0.2) is 4.99 Å². The second kappa shape index (κ2) is 9.16. The standard InChI is InChI=1S/C19H21ClN4O3/c1-11-14(3-2-4-15(11)20)10-23-19(22)24-17(25)13-7-5-12(6-8-13)9-16(21)18(26)27/h2-8,16H,9-10,21H2,1H3,(H,26,27)(H3,22,23,24,25). The normalized spacial score (nSPS) is 12.5. The predicted octanol–water partition coefficient (Wildman–Crippen LogP) is 1.85. The molecule has 0 spiro atoms. The number of hydrogen-bond donors (Lipinski definition) is 4. The third-order valence-electron chi connectivity index (χ3n) is 4.03. The van der Waals surface area contributed by atoms with E-state index in [1.165, 1.54) is 0 Å². The Balaban J connectivity index is 1.97. The third kappa shape index (κ3) is 5.80. The van der Waals surface area contributed by atoms with Crippen LogP contribution in [0.25, 0.3) is 0 Å². The minimum Gasteiger partial charge on any atom is -0.480 e. The molecule has 8 heteroatoms. The summed E-state index contributed by atoms with van der Waals surface area (Å²) in [5, 5.41) is 12.0. The van der Waals surface area contributed by atoms with Gasteiger partial charge >= 0.3 is 5.97 Å². The number of carbonyl (C=O) groups is 2. The summed E-state index contributed by atoms with van der Waals surface area (Å²) in [4.78, 5) is 27.2. The number of amides is 1. The topological polar surface area (TPSA) is 131 Å². The van der Waals surface area contributed by atoms with Gasteiger partial charge < -0.3 is 16.6 Å². The number of carbonyl (C=O) groups excluding carboxylic acids is 1. The molecule has 0 saturated heterocycles. The molecule has 7 nitrogen and oxygen atoms in total. The Morgan fingerprint density at radius 3 is 2.52 bits per heavy atom. The van der Waals surface area contributed by atoms with E-state index in [1.54, 1.807) is 30.3 Å². The monoisotopic (exact) mass is 388 g/mol. The molecule has 2 aromatic rings. The van der Waals surface area contributed by atoms with Gasteiger partial charge in [0.2, 0.25) is 0 Å². The first kappa shape index (κ1) is 20.4. The number of rotatable bonds is 6. The van der Waals surface area contributed by atoms with Gasteiger partial charge in [0.1, 0.15) is 6.04 Å². The smallest absolute Gasteiger partial charge is 0.320 e. The number of nitrogens with two attached hydrogens (primary N) is 2. The van der Waals surface area contributed by atoms with Crippen molar-refractivity contribution in [3.05, 3.63) is 69.7 Å². The summed E-state index contributed by atoms with van der Waals surface area (Å²) in [7, 11) is 0. The molecule has 27 heavy (non-hydrogen) atoms. The molecule has 0 heterocycles. The number of carboxylic acid groups (broad SMARTS) is 1. The van der Waals surface area contributed by atoms with Crippen molar-refractivity contribution in [2.45, 2.75) is 25.9 Å². The van der Waals surface area contributed by atoms with Crippen molar-refractivity contribution < 1.29 is 14.7 Å². The quantitative estimate of drug-likeness (QED) is 0.443. The van der Waals surface area contributed by atoms with E-state index < -0.39 is 17.9 Å². The van der Waals surface area contributed by atoms with E-state index in [0.29, 0.717) is 17.1 Å². The molecule has 0 radical (unpaired) electrons. The molecule has 0 aliphatic rings. The van der Waals surface area contributed by atoms with Crippen molar-refractivity contribution in [3.63, 3.8) is 0 Å². The minimum atomic E-state index is -1.07. The molecule has 0 fully saturated rings. The van der Waals surface area contributed by atoms with E-state index in [1.807, 2.05) is 19.1 Å². The maximum absolute atomic E-state index is 12.2. The first-order valence-electron chi connectivity index (χ1n) is 8.20. The molecule has 2 rings (SSSR count). The van der Waals surface area contributed by atoms with Crippen LogP contribution in [0.1, 0.15) is 27.0 Å². The first-order chi connectivity index (χ1) is 12.8. The lowest BCUT2D eigenvalue weighted by atomic mass is 10.0. The van der Waals surface area contributed by atoms with Crippen LogP contribution in [-0.2, 0) is 17.8 Å². The Kier molecular flexibility index (Phi) is 6.92. The van der Waals surface area contributed by atoms with Gasteiger partial charge in [0.15, 0.2) is 5.96 Å². The first-order valence-corrected chi connectivity index (χ1v) is 8.58. The lowest BCUT2D eigenvalue weighted by Gasteiger charge is -2.08. The summed E-state index contributed by atoms with van der Waals surface area (Å²) >= 11 is 6.07. The highest BCUT2D eigenvalue weighted by Crippen LogP contribution is 2.19. The van der Waals surface area contributed by atoms with Crippen molar-refractivity contribution in [2.24, 2.45) is 16.5 Å². The van der Waals surface area contributed by atoms with Crippen LogP contribution in [0, 0.1) is 6.92 Å². The van der Waals surface area contributed by atoms with Crippen LogP contribution in [-0.4, -0.2) is 29.0 Å². The fourth-order valence-electron chi connectivity index (χ4n) is 2.36. The average Bonchev–Trinajstić information content (AvgIpc) is 2.63. The zero-order valence-electron chi connectivity index (χ0n) is 14.8. The number of nitrogens with zero attached hydrogens (tertiary/aromatic N) is 1. The molecule has 6 N–H and O–H groups in total. The highest BCUT2D eigenvalue weighted by atomic mass is 35.5. The van der Waals surface area contributed by atoms with Gasteiger partial charge in [0, 0.05) is 10.6 Å². The van der Waals surface area contributed by atoms with E-state index in [0.717, 1.165) is 16.7 Å². The van der Waals surface area contributed by atoms with E-state index in [4.69, 9.17) is 28.2 Å². The molecule has 0 aliphatic heterocycles. The number of halogens is 1. The second-order valence-corrected chi connectivity index (χ2v) is 6.43. The van der Waals surface area contributed by atoms with Crippen molar-refractivity contribution in [2.75, 3.05) is 0 Å². The van der Waals surface area contributed by atoms with Crippen LogP contribution in [0.15, 0.2) is 47.5 Å². The Morgan fingerprint density at radius 2 is 1.89 bits per heavy atom. The molecule has 142 valence electrons. The molecule has 1 atom stereocenters. The lowest BCUT2D eigenvalue weighted by Crippen LogP contribution is -2.36. The summed E-state index contributed by atoms with van der Waals surface area (Å²) < 4.78 is 0. The zero-order chi connectivity index (χ0) is 20.0. The molecule has 2 aromatic carbocycles. The van der Waals surface area contributed by atoms with Gasteiger partial charge in [-0.05, 0) is 48.2 Å². The van der Waals surface area contributed by atoms with Gasteiger partial charge in [-0.2, -0.15) is 0 Å². The van der Waals surface area contributed by atoms with E-state index in [2.05, 4.69) is 10.3 Å². The van der Waals surface area contributed by atoms with Crippen LogP contribution in [0.2, 0.25) is 5.02 Å². The fourth-order valence-corrected chi connectivity index (χ4v) is 2.55. The molecular weight excluding hydrogens is 368 g/mol. The molecule has 1 amide bonds. The number of carboxylic acids is 1. The largest absolute Gasteiger partial charge is 0.480 e. The SMILES string of the molecule is Cc1c(Cl)cccc1CN=C(N)NC(=O)c1ccc(CC(N)C(=O)O)cc1. The summed E-state index contributed by atoms with van der Waals surface area (Å²) in [5.74, 6) is -1.49. The van der Waals surface area contributed by atoms with Gasteiger partial charge in [-0.15, -0.1) is 0 Å². The van der Waals surface area contributed by atoms with Crippen LogP contribution >= 0.6 is 11.6 Å². The number of benzene rings is 2. The Hall–Kier alpha value is -2.90. The molecule has 0 bridgehead atoms. The van der Waals surface area contributed by atoms with Gasteiger partial charge in [-0.1, -0.05) is 35.9 Å². The predicted molar refractivity (Wildman–Crippen MR) is 105 cm³/mol. The van der Waals surface area contributed by atoms with Crippen molar-refractivity contribution in [3.8, 4) is 0 Å². The Bertz CT molecular complexity index is 866. The van der Waals surface area contributed by atoms with Crippen LogP contribution < -0.4 is 16.8 Å². The summed E-state index contributed by atoms with van der Waals surface area (Å²) in [6.07, 6.45) is 0.180. The Labute approximate surface area is 162 Å². The van der Waals surface area contributed by atoms with Gasteiger partial charge in [-0.3, -0.25) is 14.9 Å². The summed E-state index contributed by atoms with van der Waals surface area (Å²) in [6.45, 7) is 2.18. The minimum absolute atomic E-state index is 0.00338. The zero-order valence-corrected chi connectivity index (χ0v) is 15.5. The third-order valence-corrected chi connectivity index (χ3v) is 4.44. The molecular formula is C19H21ClN4O3. The number of aliphatic imine (C=N–C) groups is 1. The van der Waals surface area contributed by atoms with Crippen LogP contribution in [0.3, 0.4) is 0 Å². The highest BCUT2D eigenvalue weighted by Gasteiger charge is 2.13. The van der Waals surface area contributed by atoms with E-state index in [-0.39, 0.29) is 12.4 Å². The van der Waals surface area contributed by atoms with Crippen LogP contribution in [0.4, 0.5) is 0 Å². The fraction of sp³-hybridized carbons (Fsp3) is 0.211. The Morgan fingerprint density at radius 1 is 1.22 bits per heavy atom. The van der Waals surface area contributed by atoms with Gasteiger partial charge in [0.25, 0.3) is 5.91 Å². The average molecular weight is 389 g/mol. The van der Waals surface area contributed by atoms with Crippen molar-refractivity contribution in [1.82, 2.24) is 5.32 Å². The maximum Gasteiger partial charge on any atom is 0.320 e.